The highest BCUT2D eigenvalue weighted by molar-refractivity contribution is 7.16. The lowest BCUT2D eigenvalue weighted by Gasteiger charge is -2.14. The smallest absolute Gasteiger partial charge is 0.306 e. The summed E-state index contributed by atoms with van der Waals surface area (Å²) in [5.41, 5.74) is 0. The molecule has 0 fully saturated rings. The number of halogens is 1. The Labute approximate surface area is 105 Å². The monoisotopic (exact) mass is 261 g/mol. The number of esters is 1. The fourth-order valence-electron chi connectivity index (χ4n) is 1.28. The first-order chi connectivity index (χ1) is 7.61. The van der Waals surface area contributed by atoms with Crippen molar-refractivity contribution in [3.8, 4) is 0 Å². The molecule has 90 valence electrons. The fraction of sp³-hybridized carbons (Fsp3) is 0.545. The van der Waals surface area contributed by atoms with E-state index in [2.05, 4.69) is 9.64 Å². The Morgan fingerprint density at radius 1 is 1.50 bits per heavy atom. The molecule has 1 rings (SSSR count). The molecular formula is C11H16ClNO2S. The van der Waals surface area contributed by atoms with Crippen molar-refractivity contribution in [2.45, 2.75) is 12.8 Å². The molecule has 16 heavy (non-hydrogen) atoms. The van der Waals surface area contributed by atoms with Crippen LogP contribution in [0.3, 0.4) is 0 Å². The SMILES string of the molecule is COC(=O)CCN(C)CCc1ccc(Cl)s1. The van der Waals surface area contributed by atoms with E-state index in [-0.39, 0.29) is 5.97 Å². The summed E-state index contributed by atoms with van der Waals surface area (Å²) < 4.78 is 5.41. The quantitative estimate of drug-likeness (QED) is 0.737. The molecule has 0 atom stereocenters. The van der Waals surface area contributed by atoms with Gasteiger partial charge in [-0.25, -0.2) is 0 Å². The highest BCUT2D eigenvalue weighted by Gasteiger charge is 2.05. The van der Waals surface area contributed by atoms with E-state index in [0.717, 1.165) is 23.8 Å². The van der Waals surface area contributed by atoms with Crippen LogP contribution in [0, 0.1) is 0 Å². The molecule has 0 N–H and O–H groups in total. The van der Waals surface area contributed by atoms with E-state index < -0.39 is 0 Å². The summed E-state index contributed by atoms with van der Waals surface area (Å²) in [7, 11) is 3.41. The molecule has 0 aliphatic heterocycles. The van der Waals surface area contributed by atoms with Gasteiger partial charge in [0.1, 0.15) is 0 Å². The second kappa shape index (κ2) is 6.89. The first-order valence-corrected chi connectivity index (χ1v) is 6.31. The van der Waals surface area contributed by atoms with Crippen molar-refractivity contribution in [1.29, 1.82) is 0 Å². The average molecular weight is 262 g/mol. The van der Waals surface area contributed by atoms with E-state index in [1.54, 1.807) is 11.3 Å². The van der Waals surface area contributed by atoms with Crippen molar-refractivity contribution in [2.75, 3.05) is 27.2 Å². The molecule has 0 aliphatic rings. The third-order valence-electron chi connectivity index (χ3n) is 2.29. The van der Waals surface area contributed by atoms with Crippen molar-refractivity contribution < 1.29 is 9.53 Å². The summed E-state index contributed by atoms with van der Waals surface area (Å²) in [5, 5.41) is 0. The number of nitrogens with zero attached hydrogens (tertiary/aromatic N) is 1. The molecule has 0 unspecified atom stereocenters. The van der Waals surface area contributed by atoms with E-state index in [0.29, 0.717) is 6.42 Å². The summed E-state index contributed by atoms with van der Waals surface area (Å²) >= 11 is 7.45. The van der Waals surface area contributed by atoms with E-state index in [4.69, 9.17) is 11.6 Å². The predicted molar refractivity (Wildman–Crippen MR) is 67.2 cm³/mol. The van der Waals surface area contributed by atoms with Crippen molar-refractivity contribution in [3.63, 3.8) is 0 Å². The van der Waals surface area contributed by atoms with Gasteiger partial charge in [0.25, 0.3) is 0 Å². The first-order valence-electron chi connectivity index (χ1n) is 5.11. The fourth-order valence-corrected chi connectivity index (χ4v) is 2.36. The molecule has 0 saturated carbocycles. The van der Waals surface area contributed by atoms with Crippen molar-refractivity contribution >= 4 is 28.9 Å². The topological polar surface area (TPSA) is 29.5 Å². The van der Waals surface area contributed by atoms with Gasteiger partial charge in [-0.2, -0.15) is 0 Å². The molecular weight excluding hydrogens is 246 g/mol. The second-order valence-corrected chi connectivity index (χ2v) is 5.38. The zero-order valence-corrected chi connectivity index (χ0v) is 11.1. The first kappa shape index (κ1) is 13.5. The van der Waals surface area contributed by atoms with Crippen LogP contribution in [0.25, 0.3) is 0 Å². The van der Waals surface area contributed by atoms with E-state index in [1.807, 2.05) is 19.2 Å². The highest BCUT2D eigenvalue weighted by Crippen LogP contribution is 2.21. The number of ether oxygens (including phenoxy) is 1. The maximum absolute atomic E-state index is 10.9. The van der Waals surface area contributed by atoms with Crippen molar-refractivity contribution in [3.05, 3.63) is 21.3 Å². The van der Waals surface area contributed by atoms with Crippen LogP contribution in [-0.2, 0) is 16.0 Å². The van der Waals surface area contributed by atoms with Gasteiger partial charge in [-0.15, -0.1) is 11.3 Å². The van der Waals surface area contributed by atoms with Gasteiger partial charge in [-0.1, -0.05) is 11.6 Å². The van der Waals surface area contributed by atoms with Crippen molar-refractivity contribution in [2.24, 2.45) is 0 Å². The molecule has 0 saturated heterocycles. The lowest BCUT2D eigenvalue weighted by Crippen LogP contribution is -2.24. The maximum atomic E-state index is 10.9. The minimum Gasteiger partial charge on any atom is -0.469 e. The summed E-state index contributed by atoms with van der Waals surface area (Å²) in [4.78, 5) is 14.3. The number of methoxy groups -OCH3 is 1. The molecule has 1 aromatic rings. The van der Waals surface area contributed by atoms with Crippen LogP contribution in [0.15, 0.2) is 12.1 Å². The molecule has 0 radical (unpaired) electrons. The lowest BCUT2D eigenvalue weighted by atomic mass is 10.3. The summed E-state index contributed by atoms with van der Waals surface area (Å²) in [5.74, 6) is -0.161. The van der Waals surface area contributed by atoms with Crippen LogP contribution in [0.5, 0.6) is 0 Å². The lowest BCUT2D eigenvalue weighted by molar-refractivity contribution is -0.140. The summed E-state index contributed by atoms with van der Waals surface area (Å²) in [6.45, 7) is 1.65. The Morgan fingerprint density at radius 2 is 2.25 bits per heavy atom. The van der Waals surface area contributed by atoms with E-state index in [9.17, 15) is 4.79 Å². The number of hydrogen-bond donors (Lipinski definition) is 0. The molecule has 0 spiro atoms. The standard InChI is InChI=1S/C11H16ClNO2S/c1-13(8-6-11(14)15-2)7-5-9-3-4-10(12)16-9/h3-4H,5-8H2,1-2H3. The van der Waals surface area contributed by atoms with Crippen LogP contribution < -0.4 is 0 Å². The minimum absolute atomic E-state index is 0.161. The van der Waals surface area contributed by atoms with Gasteiger partial charge in [0.2, 0.25) is 0 Å². The van der Waals surface area contributed by atoms with E-state index >= 15 is 0 Å². The number of rotatable bonds is 6. The Balaban J connectivity index is 2.19. The molecule has 0 amide bonds. The maximum Gasteiger partial charge on any atom is 0.306 e. The van der Waals surface area contributed by atoms with Crippen molar-refractivity contribution in [1.82, 2.24) is 4.90 Å². The zero-order chi connectivity index (χ0) is 12.0. The number of likely N-dealkylation sites (N-methyl/N-ethyl adjacent to an activating group) is 1. The van der Waals surface area contributed by atoms with Gasteiger partial charge in [0.15, 0.2) is 0 Å². The number of thiophene rings is 1. The van der Waals surface area contributed by atoms with Gasteiger partial charge < -0.3 is 9.64 Å². The summed E-state index contributed by atoms with van der Waals surface area (Å²) in [6, 6.07) is 3.96. The third-order valence-corrected chi connectivity index (χ3v) is 3.59. The van der Waals surface area contributed by atoms with Crippen LogP contribution >= 0.6 is 22.9 Å². The Morgan fingerprint density at radius 3 is 2.81 bits per heavy atom. The van der Waals surface area contributed by atoms with Gasteiger partial charge in [0.05, 0.1) is 17.9 Å². The Hall–Kier alpha value is -0.580. The summed E-state index contributed by atoms with van der Waals surface area (Å²) in [6.07, 6.45) is 1.41. The van der Waals surface area contributed by atoms with Gasteiger partial charge in [0, 0.05) is 18.0 Å². The number of hydrogen-bond acceptors (Lipinski definition) is 4. The van der Waals surface area contributed by atoms with Crippen LogP contribution in [0.2, 0.25) is 4.34 Å². The van der Waals surface area contributed by atoms with Gasteiger partial charge in [-0.3, -0.25) is 4.79 Å². The molecule has 0 bridgehead atoms. The van der Waals surface area contributed by atoms with Crippen LogP contribution in [0.1, 0.15) is 11.3 Å². The highest BCUT2D eigenvalue weighted by atomic mass is 35.5. The van der Waals surface area contributed by atoms with Gasteiger partial charge in [-0.05, 0) is 25.6 Å². The van der Waals surface area contributed by atoms with Crippen LogP contribution in [-0.4, -0.2) is 38.1 Å². The molecule has 0 aliphatic carbocycles. The number of carbonyl (C=O) groups excluding carboxylic acids is 1. The largest absolute Gasteiger partial charge is 0.469 e. The average Bonchev–Trinajstić information content (AvgIpc) is 2.69. The van der Waals surface area contributed by atoms with E-state index in [1.165, 1.54) is 12.0 Å². The zero-order valence-electron chi connectivity index (χ0n) is 9.53. The molecule has 3 nitrogen and oxygen atoms in total. The molecule has 1 aromatic heterocycles. The second-order valence-electron chi connectivity index (χ2n) is 3.59. The normalized spacial score (nSPS) is 10.8. The Kier molecular flexibility index (Phi) is 5.80. The predicted octanol–water partition coefficient (Wildman–Crippen LogP) is 2.44. The minimum atomic E-state index is -0.161. The van der Waals surface area contributed by atoms with Gasteiger partial charge >= 0.3 is 5.97 Å². The third kappa shape index (κ3) is 4.96. The van der Waals surface area contributed by atoms with Crippen LogP contribution in [0.4, 0.5) is 0 Å². The molecule has 1 heterocycles. The molecule has 5 heteroatoms. The number of carbonyl (C=O) groups is 1. The molecule has 0 aromatic carbocycles. The Bertz CT molecular complexity index is 340.